The van der Waals surface area contributed by atoms with Crippen molar-refractivity contribution in [1.82, 2.24) is 4.90 Å². The number of halogens is 1. The average Bonchev–Trinajstić information content (AvgIpc) is 3.29. The molecule has 2 aliphatic heterocycles. The van der Waals surface area contributed by atoms with Gasteiger partial charge in [-0.2, -0.15) is 0 Å². The summed E-state index contributed by atoms with van der Waals surface area (Å²) in [6.45, 7) is 0.704. The van der Waals surface area contributed by atoms with Gasteiger partial charge in [-0.25, -0.2) is 0 Å². The van der Waals surface area contributed by atoms with Gasteiger partial charge in [0.25, 0.3) is 11.9 Å². The van der Waals surface area contributed by atoms with E-state index >= 15 is 0 Å². The number of benzene rings is 3. The molecule has 0 bridgehead atoms. The fraction of sp³-hybridized carbons (Fsp3) is 0.240. The quantitative estimate of drug-likeness (QED) is 0.446. The van der Waals surface area contributed by atoms with Crippen molar-refractivity contribution in [1.29, 1.82) is 0 Å². The largest absolute Gasteiger partial charge is 0.489 e. The number of carbonyl (C=O) groups excluding carboxylic acids is 1. The molecule has 1 fully saturated rings. The molecule has 1 amide bonds. The second-order valence-corrected chi connectivity index (χ2v) is 8.84. The maximum Gasteiger partial charge on any atom is 0.256 e. The Morgan fingerprint density at radius 3 is 2.55 bits per heavy atom. The van der Waals surface area contributed by atoms with Crippen molar-refractivity contribution in [2.24, 2.45) is 0 Å². The van der Waals surface area contributed by atoms with Crippen LogP contribution in [-0.4, -0.2) is 35.4 Å². The number of nitro groups is 1. The van der Waals surface area contributed by atoms with E-state index in [0.717, 1.165) is 11.1 Å². The lowest BCUT2D eigenvalue weighted by atomic mass is 9.79. The Labute approximate surface area is 196 Å². The van der Waals surface area contributed by atoms with Crippen LogP contribution < -0.4 is 10.1 Å². The van der Waals surface area contributed by atoms with Gasteiger partial charge in [-0.15, -0.1) is 0 Å². The average molecular weight is 464 g/mol. The Kier molecular flexibility index (Phi) is 5.31. The third-order valence-corrected chi connectivity index (χ3v) is 7.07. The molecule has 33 heavy (non-hydrogen) atoms. The van der Waals surface area contributed by atoms with Gasteiger partial charge in [0.15, 0.2) is 5.54 Å². The first-order valence-corrected chi connectivity index (χ1v) is 11.0. The molecule has 0 aliphatic carbocycles. The number of rotatable bonds is 5. The van der Waals surface area contributed by atoms with E-state index in [1.807, 2.05) is 53.4 Å². The molecular weight excluding hydrogens is 442 g/mol. The van der Waals surface area contributed by atoms with Crippen LogP contribution in [0, 0.1) is 10.1 Å². The van der Waals surface area contributed by atoms with Gasteiger partial charge in [0.2, 0.25) is 0 Å². The number of hydrogen-bond acceptors (Lipinski definition) is 5. The normalized spacial score (nSPS) is 24.0. The zero-order valence-electron chi connectivity index (χ0n) is 17.9. The lowest BCUT2D eigenvalue weighted by Gasteiger charge is -2.30. The molecule has 2 heterocycles. The minimum absolute atomic E-state index is 0.308. The number of ether oxygens (including phenoxy) is 1. The van der Waals surface area contributed by atoms with Crippen molar-refractivity contribution < 1.29 is 14.5 Å². The van der Waals surface area contributed by atoms with Crippen molar-refractivity contribution in [2.45, 2.75) is 24.1 Å². The molecule has 8 heteroatoms. The molecular formula is C25H22ClN3O4. The molecule has 1 N–H and O–H groups in total. The van der Waals surface area contributed by atoms with Crippen LogP contribution >= 0.6 is 11.6 Å². The van der Waals surface area contributed by atoms with Crippen LogP contribution in [0.4, 0.5) is 5.69 Å². The smallest absolute Gasteiger partial charge is 0.256 e. The molecule has 0 radical (unpaired) electrons. The summed E-state index contributed by atoms with van der Waals surface area (Å²) in [4.78, 5) is 27.0. The number of likely N-dealkylation sites (N-methyl/N-ethyl adjacent to an activating group) is 1. The molecule has 5 rings (SSSR count). The van der Waals surface area contributed by atoms with Gasteiger partial charge in [0, 0.05) is 33.3 Å². The Bertz CT molecular complexity index is 1230. The van der Waals surface area contributed by atoms with Crippen LogP contribution in [-0.2, 0) is 16.9 Å². The van der Waals surface area contributed by atoms with Gasteiger partial charge in [-0.05, 0) is 36.9 Å². The maximum atomic E-state index is 13.2. The standard InChI is InChI=1S/C25H22ClN3O4/c1-28-14-19(16-10-12-18(13-11-16)33-15-17-6-2-4-8-21(17)26)23(29(31)32)25(28)20-7-3-5-9-22(20)27-24(25)30/h2-13,19,23H,14-15H2,1H3,(H,27,30)/t19-,23-,25+/m1/s1. The molecule has 3 aromatic rings. The van der Waals surface area contributed by atoms with Crippen LogP contribution in [0.2, 0.25) is 5.02 Å². The molecule has 0 unspecified atom stereocenters. The Balaban J connectivity index is 1.43. The number of carbonyl (C=O) groups is 1. The summed E-state index contributed by atoms with van der Waals surface area (Å²) in [5.41, 5.74) is 1.61. The van der Waals surface area contributed by atoms with E-state index in [-0.39, 0.29) is 10.8 Å². The van der Waals surface area contributed by atoms with Gasteiger partial charge in [0.1, 0.15) is 12.4 Å². The minimum Gasteiger partial charge on any atom is -0.489 e. The topological polar surface area (TPSA) is 84.7 Å². The van der Waals surface area contributed by atoms with E-state index < -0.39 is 17.5 Å². The Morgan fingerprint density at radius 1 is 1.12 bits per heavy atom. The fourth-order valence-corrected chi connectivity index (χ4v) is 5.36. The third-order valence-electron chi connectivity index (χ3n) is 6.70. The van der Waals surface area contributed by atoms with E-state index in [1.54, 1.807) is 31.3 Å². The highest BCUT2D eigenvalue weighted by molar-refractivity contribution is 6.31. The first-order valence-electron chi connectivity index (χ1n) is 10.6. The predicted octanol–water partition coefficient (Wildman–Crippen LogP) is 4.44. The highest BCUT2D eigenvalue weighted by Gasteiger charge is 2.68. The summed E-state index contributed by atoms with van der Waals surface area (Å²) in [5, 5.41) is 15.9. The van der Waals surface area contributed by atoms with Crippen molar-refractivity contribution in [2.75, 3.05) is 18.9 Å². The van der Waals surface area contributed by atoms with E-state index in [4.69, 9.17) is 16.3 Å². The summed E-state index contributed by atoms with van der Waals surface area (Å²) < 4.78 is 5.85. The van der Waals surface area contributed by atoms with Crippen molar-refractivity contribution in [3.05, 3.63) is 105 Å². The number of nitrogens with zero attached hydrogens (tertiary/aromatic N) is 2. The molecule has 3 aromatic carbocycles. The van der Waals surface area contributed by atoms with Crippen LogP contribution in [0.25, 0.3) is 0 Å². The van der Waals surface area contributed by atoms with Gasteiger partial charge in [0.05, 0.1) is 5.92 Å². The first kappa shape index (κ1) is 21.4. The number of hydrogen-bond donors (Lipinski definition) is 1. The van der Waals surface area contributed by atoms with E-state index in [1.165, 1.54) is 0 Å². The number of amides is 1. The molecule has 1 saturated heterocycles. The number of likely N-dealkylation sites (tertiary alicyclic amines) is 1. The van der Waals surface area contributed by atoms with Crippen LogP contribution in [0.15, 0.2) is 72.8 Å². The molecule has 0 aromatic heterocycles. The van der Waals surface area contributed by atoms with Crippen molar-refractivity contribution in [3.63, 3.8) is 0 Å². The summed E-state index contributed by atoms with van der Waals surface area (Å²) >= 11 is 6.19. The lowest BCUT2D eigenvalue weighted by molar-refractivity contribution is -0.534. The van der Waals surface area contributed by atoms with Crippen molar-refractivity contribution >= 4 is 23.2 Å². The zero-order chi connectivity index (χ0) is 23.2. The number of nitrogens with one attached hydrogen (secondary N) is 1. The van der Waals surface area contributed by atoms with E-state index in [2.05, 4.69) is 5.32 Å². The van der Waals surface area contributed by atoms with Crippen LogP contribution in [0.5, 0.6) is 5.75 Å². The molecule has 0 saturated carbocycles. The Morgan fingerprint density at radius 2 is 1.82 bits per heavy atom. The summed E-state index contributed by atoms with van der Waals surface area (Å²) in [6.07, 6.45) is 0. The first-order chi connectivity index (χ1) is 15.9. The summed E-state index contributed by atoms with van der Waals surface area (Å²) in [7, 11) is 1.78. The predicted molar refractivity (Wildman–Crippen MR) is 125 cm³/mol. The monoisotopic (exact) mass is 463 g/mol. The highest BCUT2D eigenvalue weighted by Crippen LogP contribution is 2.51. The molecule has 7 nitrogen and oxygen atoms in total. The van der Waals surface area contributed by atoms with Gasteiger partial charge in [-0.3, -0.25) is 19.8 Å². The number of fused-ring (bicyclic) bond motifs is 2. The van der Waals surface area contributed by atoms with Crippen LogP contribution in [0.1, 0.15) is 22.6 Å². The minimum atomic E-state index is -1.34. The summed E-state index contributed by atoms with van der Waals surface area (Å²) in [6, 6.07) is 20.8. The summed E-state index contributed by atoms with van der Waals surface area (Å²) in [5.74, 6) is -0.170. The van der Waals surface area contributed by atoms with E-state index in [9.17, 15) is 14.9 Å². The van der Waals surface area contributed by atoms with Crippen LogP contribution in [0.3, 0.4) is 0 Å². The maximum absolute atomic E-state index is 13.2. The molecule has 1 spiro atoms. The Hall–Kier alpha value is -3.42. The van der Waals surface area contributed by atoms with E-state index in [0.29, 0.717) is 35.2 Å². The molecule has 3 atom stereocenters. The van der Waals surface area contributed by atoms with Gasteiger partial charge < -0.3 is 10.1 Å². The molecule has 2 aliphatic rings. The highest BCUT2D eigenvalue weighted by atomic mass is 35.5. The lowest BCUT2D eigenvalue weighted by Crippen LogP contribution is -2.54. The second kappa shape index (κ2) is 8.17. The number of anilines is 1. The molecule has 168 valence electrons. The SMILES string of the molecule is CN1C[C@H](c2ccc(OCc3ccccc3Cl)cc2)[C@@H]([N+](=O)[O-])[C@@]12C(=O)Nc1ccccc12. The van der Waals surface area contributed by atoms with Gasteiger partial charge >= 0.3 is 0 Å². The van der Waals surface area contributed by atoms with Gasteiger partial charge in [-0.1, -0.05) is 60.1 Å². The third kappa shape index (κ3) is 3.35. The van der Waals surface area contributed by atoms with Crippen molar-refractivity contribution in [3.8, 4) is 5.75 Å². The zero-order valence-corrected chi connectivity index (χ0v) is 18.7. The second-order valence-electron chi connectivity index (χ2n) is 8.43. The number of para-hydroxylation sites is 1. The fourth-order valence-electron chi connectivity index (χ4n) is 5.17.